The summed E-state index contributed by atoms with van der Waals surface area (Å²) in [6, 6.07) is 13.0. The molecule has 3 aromatic rings. The van der Waals surface area contributed by atoms with Gasteiger partial charge in [0.05, 0.1) is 52.6 Å². The summed E-state index contributed by atoms with van der Waals surface area (Å²) in [6.07, 6.45) is 0.0973. The number of nitrogens with zero attached hydrogens (tertiary/aromatic N) is 1. The van der Waals surface area contributed by atoms with Gasteiger partial charge in [-0.15, -0.1) is 0 Å². The van der Waals surface area contributed by atoms with Crippen molar-refractivity contribution in [3.63, 3.8) is 0 Å². The zero-order valence-corrected chi connectivity index (χ0v) is 22.1. The van der Waals surface area contributed by atoms with E-state index in [9.17, 15) is 14.7 Å². The first-order chi connectivity index (χ1) is 18.4. The summed E-state index contributed by atoms with van der Waals surface area (Å²) in [7, 11) is 4.57. The number of carbonyl (C=O) groups excluding carboxylic acids is 1. The van der Waals surface area contributed by atoms with Crippen LogP contribution in [0.25, 0.3) is 0 Å². The number of aromatic carboxylic acids is 1. The number of ether oxygens (including phenoxy) is 5. The fraction of sp³-hybridized carbons (Fsp3) is 0.310. The minimum absolute atomic E-state index is 0.0754. The van der Waals surface area contributed by atoms with Gasteiger partial charge in [0.2, 0.25) is 11.7 Å². The second-order valence-electron chi connectivity index (χ2n) is 8.52. The van der Waals surface area contributed by atoms with E-state index in [1.165, 1.54) is 33.5 Å². The van der Waals surface area contributed by atoms with Crippen LogP contribution in [-0.2, 0) is 11.2 Å². The number of methoxy groups -OCH3 is 3. The number of carboxylic acids is 1. The monoisotopic (exact) mass is 521 g/mol. The molecule has 0 fully saturated rings. The molecule has 1 amide bonds. The smallest absolute Gasteiger partial charge is 0.335 e. The Morgan fingerprint density at radius 3 is 2.08 bits per heavy atom. The molecule has 1 heterocycles. The molecule has 9 heteroatoms. The van der Waals surface area contributed by atoms with Crippen molar-refractivity contribution in [3.8, 4) is 28.7 Å². The zero-order chi connectivity index (χ0) is 27.4. The van der Waals surface area contributed by atoms with Crippen molar-refractivity contribution in [1.82, 2.24) is 0 Å². The van der Waals surface area contributed by atoms with Gasteiger partial charge in [-0.1, -0.05) is 6.07 Å². The molecule has 4 rings (SSSR count). The minimum atomic E-state index is -1.08. The fourth-order valence-electron chi connectivity index (χ4n) is 4.76. The van der Waals surface area contributed by atoms with Gasteiger partial charge in [-0.25, -0.2) is 4.79 Å². The molecule has 38 heavy (non-hydrogen) atoms. The van der Waals surface area contributed by atoms with E-state index in [0.29, 0.717) is 53.2 Å². The van der Waals surface area contributed by atoms with Crippen LogP contribution in [0.4, 0.5) is 5.69 Å². The highest BCUT2D eigenvalue weighted by Gasteiger charge is 2.37. The Balaban J connectivity index is 2.01. The molecular weight excluding hydrogens is 490 g/mol. The van der Waals surface area contributed by atoms with E-state index in [0.717, 1.165) is 11.1 Å². The molecule has 0 bridgehead atoms. The normalized spacial score (nSPS) is 14.5. The predicted molar refractivity (Wildman–Crippen MR) is 141 cm³/mol. The third-order valence-corrected chi connectivity index (χ3v) is 6.34. The summed E-state index contributed by atoms with van der Waals surface area (Å²) in [6.45, 7) is 4.64. The number of carboxylic acid groups (broad SMARTS) is 1. The lowest BCUT2D eigenvalue weighted by molar-refractivity contribution is -0.118. The van der Waals surface area contributed by atoms with Crippen LogP contribution < -0.4 is 28.6 Å². The van der Waals surface area contributed by atoms with Gasteiger partial charge in [0.15, 0.2) is 23.0 Å². The molecule has 0 spiro atoms. The van der Waals surface area contributed by atoms with Gasteiger partial charge in [-0.2, -0.15) is 0 Å². The molecule has 1 aliphatic heterocycles. The number of hydrogen-bond donors (Lipinski definition) is 1. The Labute approximate surface area is 221 Å². The van der Waals surface area contributed by atoms with Gasteiger partial charge >= 0.3 is 5.97 Å². The Bertz CT molecular complexity index is 1330. The number of amides is 1. The second-order valence-corrected chi connectivity index (χ2v) is 8.52. The molecule has 9 nitrogen and oxygen atoms in total. The standard InChI is InChI=1S/C29H31NO8/c1-6-37-22-12-18-15-26(31)30(20-10-8-9-17(11-20)29(32)33)27(21(18)16-23(22)38-7-2)19-13-24(34-3)28(36-5)25(14-19)35-4/h8-14,16,27H,6-7,15H2,1-5H3,(H,32,33)/t27-/m0/s1. The van der Waals surface area contributed by atoms with Crippen molar-refractivity contribution < 1.29 is 38.4 Å². The van der Waals surface area contributed by atoms with Gasteiger partial charge in [0.25, 0.3) is 0 Å². The Kier molecular flexibility index (Phi) is 7.95. The largest absolute Gasteiger partial charge is 0.493 e. The molecule has 0 saturated carbocycles. The number of fused-ring (bicyclic) bond motifs is 1. The second kappa shape index (κ2) is 11.3. The summed E-state index contributed by atoms with van der Waals surface area (Å²) in [5, 5.41) is 9.60. The SMILES string of the molecule is CCOc1cc2c(cc1OCC)[C@H](c1cc(OC)c(OC)c(OC)c1)N(c1cccc(C(=O)O)c1)C(=O)C2. The van der Waals surface area contributed by atoms with E-state index >= 15 is 0 Å². The molecule has 1 atom stereocenters. The molecule has 0 unspecified atom stereocenters. The van der Waals surface area contributed by atoms with E-state index in [1.54, 1.807) is 29.2 Å². The first kappa shape index (κ1) is 26.7. The summed E-state index contributed by atoms with van der Waals surface area (Å²) >= 11 is 0. The Morgan fingerprint density at radius 1 is 0.895 bits per heavy atom. The highest BCUT2D eigenvalue weighted by atomic mass is 16.5. The maximum absolute atomic E-state index is 13.8. The summed E-state index contributed by atoms with van der Waals surface area (Å²) < 4.78 is 28.4. The van der Waals surface area contributed by atoms with Gasteiger partial charge < -0.3 is 33.7 Å². The predicted octanol–water partition coefficient (Wildman–Crippen LogP) is 4.89. The zero-order valence-electron chi connectivity index (χ0n) is 22.1. The molecule has 0 aromatic heterocycles. The lowest BCUT2D eigenvalue weighted by Gasteiger charge is -2.38. The average Bonchev–Trinajstić information content (AvgIpc) is 2.92. The van der Waals surface area contributed by atoms with Gasteiger partial charge in [0.1, 0.15) is 0 Å². The minimum Gasteiger partial charge on any atom is -0.493 e. The van der Waals surface area contributed by atoms with Crippen LogP contribution in [0, 0.1) is 0 Å². The number of carbonyl (C=O) groups is 2. The highest BCUT2D eigenvalue weighted by molar-refractivity contribution is 6.00. The van der Waals surface area contributed by atoms with Crippen molar-refractivity contribution >= 4 is 17.6 Å². The number of benzene rings is 3. The highest BCUT2D eigenvalue weighted by Crippen LogP contribution is 2.47. The van der Waals surface area contributed by atoms with Crippen LogP contribution in [0.5, 0.6) is 28.7 Å². The lowest BCUT2D eigenvalue weighted by Crippen LogP contribution is -2.41. The van der Waals surface area contributed by atoms with E-state index < -0.39 is 12.0 Å². The summed E-state index contributed by atoms with van der Waals surface area (Å²) in [5.41, 5.74) is 2.80. The van der Waals surface area contributed by atoms with Crippen molar-refractivity contribution in [1.29, 1.82) is 0 Å². The summed E-state index contributed by atoms with van der Waals surface area (Å²) in [4.78, 5) is 27.1. The number of anilines is 1. The van der Waals surface area contributed by atoms with Crippen LogP contribution >= 0.6 is 0 Å². The van der Waals surface area contributed by atoms with Crippen LogP contribution in [0.3, 0.4) is 0 Å². The van der Waals surface area contributed by atoms with Crippen molar-refractivity contribution in [2.45, 2.75) is 26.3 Å². The van der Waals surface area contributed by atoms with Crippen LogP contribution in [0.1, 0.15) is 46.9 Å². The van der Waals surface area contributed by atoms with Crippen molar-refractivity contribution in [2.75, 3.05) is 39.4 Å². The van der Waals surface area contributed by atoms with E-state index in [2.05, 4.69) is 0 Å². The Hall–Kier alpha value is -4.40. The molecule has 1 aliphatic rings. The molecular formula is C29H31NO8. The van der Waals surface area contributed by atoms with Crippen LogP contribution in [0.2, 0.25) is 0 Å². The lowest BCUT2D eigenvalue weighted by atomic mass is 9.86. The quantitative estimate of drug-likeness (QED) is 0.402. The molecule has 1 N–H and O–H groups in total. The van der Waals surface area contributed by atoms with E-state index in [1.807, 2.05) is 26.0 Å². The van der Waals surface area contributed by atoms with Gasteiger partial charge in [-0.3, -0.25) is 4.79 Å². The van der Waals surface area contributed by atoms with Crippen LogP contribution in [0.15, 0.2) is 48.5 Å². The van der Waals surface area contributed by atoms with Crippen LogP contribution in [-0.4, -0.2) is 51.5 Å². The Morgan fingerprint density at radius 2 is 1.53 bits per heavy atom. The molecule has 200 valence electrons. The molecule has 0 saturated heterocycles. The summed E-state index contributed by atoms with van der Waals surface area (Å²) in [5.74, 6) is 1.10. The number of rotatable bonds is 10. The third kappa shape index (κ3) is 4.91. The van der Waals surface area contributed by atoms with Gasteiger partial charge in [0, 0.05) is 5.69 Å². The maximum atomic E-state index is 13.8. The topological polar surface area (TPSA) is 104 Å². The number of hydrogen-bond acceptors (Lipinski definition) is 7. The molecule has 0 radical (unpaired) electrons. The average molecular weight is 522 g/mol. The fourth-order valence-corrected chi connectivity index (χ4v) is 4.76. The maximum Gasteiger partial charge on any atom is 0.335 e. The van der Waals surface area contributed by atoms with Crippen molar-refractivity contribution in [2.24, 2.45) is 0 Å². The van der Waals surface area contributed by atoms with E-state index in [-0.39, 0.29) is 17.9 Å². The first-order valence-corrected chi connectivity index (χ1v) is 12.2. The molecule has 3 aromatic carbocycles. The van der Waals surface area contributed by atoms with E-state index in [4.69, 9.17) is 23.7 Å². The third-order valence-electron chi connectivity index (χ3n) is 6.34. The molecule has 0 aliphatic carbocycles. The van der Waals surface area contributed by atoms with Crippen molar-refractivity contribution in [3.05, 3.63) is 70.8 Å². The first-order valence-electron chi connectivity index (χ1n) is 12.2. The van der Waals surface area contributed by atoms with Gasteiger partial charge in [-0.05, 0) is 73.0 Å².